The fourth-order valence-corrected chi connectivity index (χ4v) is 6.41. The van der Waals surface area contributed by atoms with E-state index in [1.807, 2.05) is 48.5 Å². The summed E-state index contributed by atoms with van der Waals surface area (Å²) in [6, 6.07) is 15.6. The number of para-hydroxylation sites is 1. The molecule has 2 heterocycles. The highest BCUT2D eigenvalue weighted by atomic mass is 79.9. The van der Waals surface area contributed by atoms with E-state index in [-0.39, 0.29) is 0 Å². The van der Waals surface area contributed by atoms with Crippen molar-refractivity contribution in [1.29, 1.82) is 0 Å². The third kappa shape index (κ3) is 5.71. The van der Waals surface area contributed by atoms with Gasteiger partial charge in [0.25, 0.3) is 5.91 Å². The van der Waals surface area contributed by atoms with Gasteiger partial charge in [-0.15, -0.1) is 0 Å². The molecule has 1 fully saturated rings. The number of anilines is 1. The Balaban J connectivity index is 1.37. The number of thiazole rings is 1. The van der Waals surface area contributed by atoms with Crippen molar-refractivity contribution in [2.45, 2.75) is 0 Å². The maximum atomic E-state index is 12.6. The van der Waals surface area contributed by atoms with Crippen LogP contribution in [0.15, 0.2) is 58.0 Å². The summed E-state index contributed by atoms with van der Waals surface area (Å²) in [6.45, 7) is 2.13. The SMILES string of the molecule is Cn1c(=NC(=O)CS(=O)(=O)CC(=O)N2CCN(c3ccccc3)CC2)sc2cc(Br)ccc21. The fraction of sp³-hybridized carbons (Fsp3) is 0.318. The lowest BCUT2D eigenvalue weighted by Gasteiger charge is -2.36. The summed E-state index contributed by atoms with van der Waals surface area (Å²) >= 11 is 4.71. The van der Waals surface area contributed by atoms with Crippen molar-refractivity contribution in [2.24, 2.45) is 12.0 Å². The van der Waals surface area contributed by atoms with Crippen LogP contribution in [0.1, 0.15) is 0 Å². The maximum Gasteiger partial charge on any atom is 0.263 e. The molecule has 1 aliphatic heterocycles. The Morgan fingerprint density at radius 2 is 1.73 bits per heavy atom. The third-order valence-corrected chi connectivity index (χ3v) is 8.39. The number of aryl methyl sites for hydroxylation is 1. The first-order chi connectivity index (χ1) is 15.7. The molecule has 1 aliphatic rings. The van der Waals surface area contributed by atoms with Gasteiger partial charge < -0.3 is 14.4 Å². The lowest BCUT2D eigenvalue weighted by Crippen LogP contribution is -2.50. The second-order valence-electron chi connectivity index (χ2n) is 7.80. The molecular weight excluding hydrogens is 528 g/mol. The Hall–Kier alpha value is -2.50. The van der Waals surface area contributed by atoms with E-state index in [2.05, 4.69) is 25.8 Å². The largest absolute Gasteiger partial charge is 0.368 e. The number of hydrogen-bond donors (Lipinski definition) is 0. The monoisotopic (exact) mass is 550 g/mol. The van der Waals surface area contributed by atoms with Crippen LogP contribution < -0.4 is 9.70 Å². The molecule has 0 spiro atoms. The van der Waals surface area contributed by atoms with Crippen molar-refractivity contribution in [3.05, 3.63) is 57.8 Å². The van der Waals surface area contributed by atoms with Crippen molar-refractivity contribution in [1.82, 2.24) is 9.47 Å². The summed E-state index contributed by atoms with van der Waals surface area (Å²) in [5.41, 5.74) is 1.97. The van der Waals surface area contributed by atoms with Gasteiger partial charge in [-0.05, 0) is 30.3 Å². The lowest BCUT2D eigenvalue weighted by atomic mass is 10.2. The minimum absolute atomic E-state index is 0.409. The van der Waals surface area contributed by atoms with Gasteiger partial charge in [-0.25, -0.2) is 8.42 Å². The van der Waals surface area contributed by atoms with Crippen LogP contribution in [0.25, 0.3) is 10.2 Å². The van der Waals surface area contributed by atoms with Crippen molar-refractivity contribution in [3.63, 3.8) is 0 Å². The number of hydrogen-bond acceptors (Lipinski definition) is 6. The topological polar surface area (TPSA) is 92.0 Å². The lowest BCUT2D eigenvalue weighted by molar-refractivity contribution is -0.128. The van der Waals surface area contributed by atoms with E-state index in [1.54, 1.807) is 16.5 Å². The average Bonchev–Trinajstić information content (AvgIpc) is 3.07. The number of carbonyl (C=O) groups excluding carboxylic acids is 2. The van der Waals surface area contributed by atoms with E-state index < -0.39 is 33.2 Å². The zero-order chi connectivity index (χ0) is 23.6. The molecule has 11 heteroatoms. The van der Waals surface area contributed by atoms with E-state index in [0.717, 1.165) is 20.4 Å². The van der Waals surface area contributed by atoms with Crippen molar-refractivity contribution in [3.8, 4) is 0 Å². The predicted octanol–water partition coefficient (Wildman–Crippen LogP) is 2.19. The number of nitrogens with zero attached hydrogens (tertiary/aromatic N) is 4. The number of rotatable bonds is 5. The number of benzene rings is 2. The number of sulfone groups is 1. The molecular formula is C22H23BrN4O4S2. The molecule has 0 atom stereocenters. The van der Waals surface area contributed by atoms with Crippen LogP contribution >= 0.6 is 27.3 Å². The van der Waals surface area contributed by atoms with Crippen LogP contribution in [0.5, 0.6) is 0 Å². The van der Waals surface area contributed by atoms with Gasteiger partial charge in [-0.3, -0.25) is 9.59 Å². The van der Waals surface area contributed by atoms with Crippen LogP contribution in [0.2, 0.25) is 0 Å². The van der Waals surface area contributed by atoms with Gasteiger partial charge >= 0.3 is 0 Å². The number of piperazine rings is 1. The van der Waals surface area contributed by atoms with E-state index in [9.17, 15) is 18.0 Å². The summed E-state index contributed by atoms with van der Waals surface area (Å²) in [5.74, 6) is -2.74. The molecule has 0 radical (unpaired) electrons. The number of carbonyl (C=O) groups is 2. The molecule has 0 unspecified atom stereocenters. The van der Waals surface area contributed by atoms with Crippen LogP contribution in [-0.2, 0) is 26.5 Å². The fourth-order valence-electron chi connectivity index (χ4n) is 3.72. The van der Waals surface area contributed by atoms with Gasteiger partial charge in [0.15, 0.2) is 14.6 Å². The van der Waals surface area contributed by atoms with E-state index >= 15 is 0 Å². The summed E-state index contributed by atoms with van der Waals surface area (Å²) in [6.07, 6.45) is 0. The minimum atomic E-state index is -3.93. The smallest absolute Gasteiger partial charge is 0.263 e. The van der Waals surface area contributed by atoms with Gasteiger partial charge in [-0.1, -0.05) is 45.5 Å². The first-order valence-electron chi connectivity index (χ1n) is 10.3. The van der Waals surface area contributed by atoms with Crippen LogP contribution in [0.4, 0.5) is 5.69 Å². The van der Waals surface area contributed by atoms with Gasteiger partial charge in [0.1, 0.15) is 11.5 Å². The molecule has 33 heavy (non-hydrogen) atoms. The standard InChI is InChI=1S/C22H23BrN4O4S2/c1-25-18-8-7-16(23)13-19(18)32-22(25)24-20(28)14-33(30,31)15-21(29)27-11-9-26(10-12-27)17-5-3-2-4-6-17/h2-8,13H,9-12,14-15H2,1H3. The summed E-state index contributed by atoms with van der Waals surface area (Å²) < 4.78 is 28.6. The first-order valence-corrected chi connectivity index (χ1v) is 13.8. The van der Waals surface area contributed by atoms with Crippen LogP contribution in [-0.4, -0.2) is 67.4 Å². The maximum absolute atomic E-state index is 12.6. The molecule has 2 amide bonds. The number of aromatic nitrogens is 1. The Kier molecular flexibility index (Phi) is 7.01. The van der Waals surface area contributed by atoms with Gasteiger partial charge in [0, 0.05) is 43.4 Å². The molecule has 1 aromatic heterocycles. The molecule has 0 N–H and O–H groups in total. The number of amides is 2. The van der Waals surface area contributed by atoms with Crippen molar-refractivity contribution < 1.29 is 18.0 Å². The molecule has 3 aromatic rings. The molecule has 0 saturated carbocycles. The second-order valence-corrected chi connectivity index (χ2v) is 11.8. The Bertz CT molecular complexity index is 1360. The van der Waals surface area contributed by atoms with Gasteiger partial charge in [-0.2, -0.15) is 4.99 Å². The minimum Gasteiger partial charge on any atom is -0.368 e. The van der Waals surface area contributed by atoms with E-state index in [0.29, 0.717) is 31.0 Å². The number of halogens is 1. The Morgan fingerprint density at radius 3 is 2.42 bits per heavy atom. The van der Waals surface area contributed by atoms with Crippen molar-refractivity contribution >= 4 is 64.8 Å². The third-order valence-electron chi connectivity index (χ3n) is 5.43. The van der Waals surface area contributed by atoms with Crippen LogP contribution in [0.3, 0.4) is 0 Å². The van der Waals surface area contributed by atoms with Crippen molar-refractivity contribution in [2.75, 3.05) is 42.6 Å². The highest BCUT2D eigenvalue weighted by molar-refractivity contribution is 9.10. The highest BCUT2D eigenvalue weighted by Crippen LogP contribution is 2.21. The van der Waals surface area contributed by atoms with Crippen LogP contribution in [0, 0.1) is 0 Å². The summed E-state index contributed by atoms with van der Waals surface area (Å²) in [5, 5.41) is 0. The normalized spacial score (nSPS) is 15.3. The second kappa shape index (κ2) is 9.78. The van der Waals surface area contributed by atoms with E-state index in [1.165, 1.54) is 11.3 Å². The zero-order valence-corrected chi connectivity index (χ0v) is 21.2. The quantitative estimate of drug-likeness (QED) is 0.485. The molecule has 174 valence electrons. The molecule has 4 rings (SSSR count). The first kappa shape index (κ1) is 23.7. The molecule has 1 saturated heterocycles. The van der Waals surface area contributed by atoms with Gasteiger partial charge in [0.05, 0.1) is 10.2 Å². The molecule has 8 nitrogen and oxygen atoms in total. The molecule has 0 bridgehead atoms. The number of fused-ring (bicyclic) bond motifs is 1. The molecule has 0 aliphatic carbocycles. The van der Waals surface area contributed by atoms with E-state index in [4.69, 9.17) is 0 Å². The average molecular weight is 551 g/mol. The highest BCUT2D eigenvalue weighted by Gasteiger charge is 2.27. The Morgan fingerprint density at radius 1 is 1.03 bits per heavy atom. The predicted molar refractivity (Wildman–Crippen MR) is 133 cm³/mol. The molecule has 2 aromatic carbocycles. The summed E-state index contributed by atoms with van der Waals surface area (Å²) in [4.78, 5) is 33.1. The summed E-state index contributed by atoms with van der Waals surface area (Å²) in [7, 11) is -2.16. The Labute approximate surface area is 204 Å². The zero-order valence-electron chi connectivity index (χ0n) is 18.0. The van der Waals surface area contributed by atoms with Gasteiger partial charge in [0.2, 0.25) is 5.91 Å².